The normalized spacial score (nSPS) is 18.4. The van der Waals surface area contributed by atoms with Gasteiger partial charge in [-0.3, -0.25) is 0 Å². The molecule has 1 aliphatic heterocycles. The second-order valence-corrected chi connectivity index (χ2v) is 5.67. The highest BCUT2D eigenvalue weighted by atomic mass is 15.4. The molecule has 0 saturated carbocycles. The van der Waals surface area contributed by atoms with Crippen LogP contribution in [-0.4, -0.2) is 38.7 Å². The zero-order valence-corrected chi connectivity index (χ0v) is 12.3. The number of nitrogens with one attached hydrogen (secondary N) is 2. The maximum atomic E-state index is 4.42. The molecule has 2 N–H and O–H groups in total. The average Bonchev–Trinajstić information content (AvgIpc) is 2.80. The van der Waals surface area contributed by atoms with E-state index in [1.54, 1.807) is 4.52 Å². The first-order valence-electron chi connectivity index (χ1n) is 7.32. The van der Waals surface area contributed by atoms with E-state index < -0.39 is 0 Å². The number of aryl methyl sites for hydroxylation is 2. The molecular formula is C14H22N6. The fourth-order valence-corrected chi connectivity index (χ4v) is 2.89. The number of hydrogen-bond acceptors (Lipinski definition) is 5. The third kappa shape index (κ3) is 2.60. The first-order chi connectivity index (χ1) is 9.63. The van der Waals surface area contributed by atoms with Gasteiger partial charge in [0.25, 0.3) is 5.78 Å². The van der Waals surface area contributed by atoms with Crippen LogP contribution in [0, 0.1) is 19.8 Å². The van der Waals surface area contributed by atoms with E-state index in [2.05, 4.69) is 32.6 Å². The average molecular weight is 274 g/mol. The predicted molar refractivity (Wildman–Crippen MR) is 78.9 cm³/mol. The number of anilines is 1. The summed E-state index contributed by atoms with van der Waals surface area (Å²) in [4.78, 5) is 8.76. The molecule has 2 aromatic heterocycles. The largest absolute Gasteiger partial charge is 0.367 e. The maximum absolute atomic E-state index is 4.42. The third-order valence-corrected chi connectivity index (χ3v) is 4.01. The number of rotatable bonds is 3. The summed E-state index contributed by atoms with van der Waals surface area (Å²) in [5.74, 6) is 3.10. The molecule has 1 aliphatic rings. The minimum atomic E-state index is 0.423. The van der Waals surface area contributed by atoms with E-state index in [-0.39, 0.29) is 0 Å². The topological polar surface area (TPSA) is 67.1 Å². The van der Waals surface area contributed by atoms with Crippen molar-refractivity contribution >= 4 is 11.6 Å². The quantitative estimate of drug-likeness (QED) is 0.888. The highest BCUT2D eigenvalue weighted by Gasteiger charge is 2.20. The van der Waals surface area contributed by atoms with Crippen LogP contribution in [0.15, 0.2) is 6.07 Å². The molecule has 0 bridgehead atoms. The van der Waals surface area contributed by atoms with E-state index in [4.69, 9.17) is 0 Å². The van der Waals surface area contributed by atoms with Gasteiger partial charge in [0.05, 0.1) is 0 Å². The van der Waals surface area contributed by atoms with E-state index in [1.165, 1.54) is 12.8 Å². The molecule has 6 heteroatoms. The number of nitrogens with zero attached hydrogens (tertiary/aromatic N) is 4. The molecule has 3 heterocycles. The van der Waals surface area contributed by atoms with Gasteiger partial charge in [0.1, 0.15) is 11.6 Å². The number of fused-ring (bicyclic) bond motifs is 1. The molecule has 3 rings (SSSR count). The fraction of sp³-hybridized carbons (Fsp3) is 0.643. The molecule has 0 radical (unpaired) electrons. The van der Waals surface area contributed by atoms with Crippen LogP contribution in [0.5, 0.6) is 0 Å². The van der Waals surface area contributed by atoms with Gasteiger partial charge in [-0.2, -0.15) is 9.50 Å². The highest BCUT2D eigenvalue weighted by Crippen LogP contribution is 2.20. The Bertz CT molecular complexity index is 599. The lowest BCUT2D eigenvalue weighted by atomic mass is 9.91. The molecule has 0 unspecified atom stereocenters. The Morgan fingerprint density at radius 1 is 1.30 bits per heavy atom. The maximum Gasteiger partial charge on any atom is 0.254 e. The first-order valence-corrected chi connectivity index (χ1v) is 7.32. The van der Waals surface area contributed by atoms with E-state index >= 15 is 0 Å². The Kier molecular flexibility index (Phi) is 3.56. The van der Waals surface area contributed by atoms with Crippen LogP contribution in [-0.2, 0) is 0 Å². The monoisotopic (exact) mass is 274 g/mol. The van der Waals surface area contributed by atoms with Crippen LogP contribution in [0.4, 0.5) is 5.82 Å². The number of piperidine rings is 1. The van der Waals surface area contributed by atoms with Crippen LogP contribution in [0.3, 0.4) is 0 Å². The molecular weight excluding hydrogens is 252 g/mol. The molecule has 6 nitrogen and oxygen atoms in total. The molecule has 1 saturated heterocycles. The van der Waals surface area contributed by atoms with Crippen molar-refractivity contribution in [1.82, 2.24) is 24.9 Å². The van der Waals surface area contributed by atoms with Gasteiger partial charge in [-0.15, -0.1) is 5.10 Å². The van der Waals surface area contributed by atoms with Crippen molar-refractivity contribution in [3.63, 3.8) is 0 Å². The van der Waals surface area contributed by atoms with Gasteiger partial charge in [0, 0.05) is 17.8 Å². The zero-order valence-electron chi connectivity index (χ0n) is 12.3. The molecule has 0 aliphatic carbocycles. The van der Waals surface area contributed by atoms with Gasteiger partial charge < -0.3 is 10.6 Å². The Hall–Kier alpha value is -1.69. The molecule has 108 valence electrons. The summed E-state index contributed by atoms with van der Waals surface area (Å²) >= 11 is 0. The zero-order chi connectivity index (χ0) is 14.1. The molecule has 1 fully saturated rings. The van der Waals surface area contributed by atoms with Crippen molar-refractivity contribution < 1.29 is 0 Å². The smallest absolute Gasteiger partial charge is 0.254 e. The van der Waals surface area contributed by atoms with E-state index in [9.17, 15) is 0 Å². The van der Waals surface area contributed by atoms with Gasteiger partial charge in [0.2, 0.25) is 0 Å². The summed E-state index contributed by atoms with van der Waals surface area (Å²) in [6.07, 6.45) is 2.44. The Morgan fingerprint density at radius 2 is 2.05 bits per heavy atom. The molecule has 2 aromatic rings. The summed E-state index contributed by atoms with van der Waals surface area (Å²) in [5, 5.41) is 11.4. The van der Waals surface area contributed by atoms with Crippen LogP contribution in [0.2, 0.25) is 0 Å². The van der Waals surface area contributed by atoms with Crippen LogP contribution < -0.4 is 10.6 Å². The van der Waals surface area contributed by atoms with Crippen molar-refractivity contribution in [2.45, 2.75) is 39.7 Å². The lowest BCUT2D eigenvalue weighted by molar-refractivity contribution is 0.342. The Morgan fingerprint density at radius 3 is 2.80 bits per heavy atom. The molecule has 20 heavy (non-hydrogen) atoms. The van der Waals surface area contributed by atoms with Gasteiger partial charge in [-0.25, -0.2) is 4.98 Å². The molecule has 0 amide bonds. The van der Waals surface area contributed by atoms with E-state index in [1.807, 2.05) is 19.9 Å². The fourth-order valence-electron chi connectivity index (χ4n) is 2.89. The lowest BCUT2D eigenvalue weighted by Gasteiger charge is -2.29. The van der Waals surface area contributed by atoms with Crippen LogP contribution in [0.25, 0.3) is 5.78 Å². The standard InChI is InChI=1S/C14H22N6/c1-9-8-13(20-14(16-9)18-11(3)19-20)17-10(2)12-4-6-15-7-5-12/h8,10,12,15,17H,4-7H2,1-3H3/t10-/m1/s1. The minimum Gasteiger partial charge on any atom is -0.367 e. The van der Waals surface area contributed by atoms with Crippen molar-refractivity contribution in [1.29, 1.82) is 0 Å². The highest BCUT2D eigenvalue weighted by molar-refractivity contribution is 5.45. The summed E-state index contributed by atoms with van der Waals surface area (Å²) < 4.78 is 1.81. The van der Waals surface area contributed by atoms with Crippen LogP contribution >= 0.6 is 0 Å². The third-order valence-electron chi connectivity index (χ3n) is 4.01. The minimum absolute atomic E-state index is 0.423. The van der Waals surface area contributed by atoms with Gasteiger partial charge in [0.15, 0.2) is 0 Å². The summed E-state index contributed by atoms with van der Waals surface area (Å²) in [5.41, 5.74) is 0.963. The van der Waals surface area contributed by atoms with E-state index in [0.29, 0.717) is 17.7 Å². The lowest BCUT2D eigenvalue weighted by Crippen LogP contribution is -2.36. The molecule has 0 spiro atoms. The number of aromatic nitrogens is 4. The Balaban J connectivity index is 1.85. The molecule has 0 aromatic carbocycles. The SMILES string of the molecule is Cc1cc(N[C@H](C)C2CCNCC2)n2nc(C)nc2n1. The van der Waals surface area contributed by atoms with Crippen LogP contribution in [0.1, 0.15) is 31.3 Å². The summed E-state index contributed by atoms with van der Waals surface area (Å²) in [7, 11) is 0. The second kappa shape index (κ2) is 5.36. The summed E-state index contributed by atoms with van der Waals surface area (Å²) in [6.45, 7) is 8.36. The van der Waals surface area contributed by atoms with E-state index in [0.717, 1.165) is 30.4 Å². The van der Waals surface area contributed by atoms with Gasteiger partial charge in [-0.1, -0.05) is 0 Å². The van der Waals surface area contributed by atoms with Crippen molar-refractivity contribution in [3.05, 3.63) is 17.6 Å². The second-order valence-electron chi connectivity index (χ2n) is 5.67. The Labute approximate surface area is 119 Å². The van der Waals surface area contributed by atoms with Gasteiger partial charge in [-0.05, 0) is 52.6 Å². The first kappa shape index (κ1) is 13.3. The summed E-state index contributed by atoms with van der Waals surface area (Å²) in [6, 6.07) is 2.46. The molecule has 1 atom stereocenters. The van der Waals surface area contributed by atoms with Crippen molar-refractivity contribution in [2.75, 3.05) is 18.4 Å². The van der Waals surface area contributed by atoms with Crippen molar-refractivity contribution in [2.24, 2.45) is 5.92 Å². The van der Waals surface area contributed by atoms with Crippen molar-refractivity contribution in [3.8, 4) is 0 Å². The predicted octanol–water partition coefficient (Wildman–Crippen LogP) is 1.54. The van der Waals surface area contributed by atoms with Gasteiger partial charge >= 0.3 is 0 Å². The number of hydrogen-bond donors (Lipinski definition) is 2.